The van der Waals surface area contributed by atoms with E-state index >= 15 is 0 Å². The van der Waals surface area contributed by atoms with Crippen LogP contribution in [0.25, 0.3) is 0 Å². The number of methoxy groups -OCH3 is 1. The zero-order chi connectivity index (χ0) is 13.8. The summed E-state index contributed by atoms with van der Waals surface area (Å²) in [4.78, 5) is 13.9. The molecule has 4 nitrogen and oxygen atoms in total. The molecule has 2 atom stereocenters. The molecule has 104 valence electrons. The summed E-state index contributed by atoms with van der Waals surface area (Å²) in [5, 5.41) is 3.70. The van der Waals surface area contributed by atoms with Crippen LogP contribution in [0.5, 0.6) is 5.75 Å². The van der Waals surface area contributed by atoms with Crippen LogP contribution >= 0.6 is 11.8 Å². The van der Waals surface area contributed by atoms with Crippen molar-refractivity contribution in [3.8, 4) is 5.75 Å². The molecule has 1 amide bonds. The zero-order valence-electron chi connectivity index (χ0n) is 11.6. The number of carbonyl (C=O) groups is 1. The van der Waals surface area contributed by atoms with Crippen molar-refractivity contribution in [2.45, 2.75) is 18.3 Å². The maximum atomic E-state index is 12.0. The monoisotopic (exact) mass is 280 g/mol. The second-order valence-electron chi connectivity index (χ2n) is 4.65. The van der Waals surface area contributed by atoms with Gasteiger partial charge < -0.3 is 9.64 Å². The Bertz CT molecular complexity index is 436. The van der Waals surface area contributed by atoms with E-state index in [9.17, 15) is 4.79 Å². The predicted molar refractivity (Wildman–Crippen MR) is 78.4 cm³/mol. The van der Waals surface area contributed by atoms with Gasteiger partial charge in [-0.2, -0.15) is 11.8 Å². The van der Waals surface area contributed by atoms with Crippen LogP contribution in [0.1, 0.15) is 18.7 Å². The van der Waals surface area contributed by atoms with Gasteiger partial charge in [-0.05, 0) is 24.0 Å². The molecule has 1 N–H and O–H groups in total. The molecule has 2 unspecified atom stereocenters. The van der Waals surface area contributed by atoms with Gasteiger partial charge in [0.2, 0.25) is 5.91 Å². The summed E-state index contributed by atoms with van der Waals surface area (Å²) in [5.41, 5.74) is 1.10. The highest BCUT2D eigenvalue weighted by atomic mass is 32.2. The van der Waals surface area contributed by atoms with Crippen molar-refractivity contribution in [2.75, 3.05) is 26.5 Å². The lowest BCUT2D eigenvalue weighted by molar-refractivity contribution is -0.128. The molecule has 1 saturated heterocycles. The SMILES string of the molecule is COc1ccc(C2NCC(=O)N2CC(C)SC)cc1. The Morgan fingerprint density at radius 3 is 2.74 bits per heavy atom. The fourth-order valence-electron chi connectivity index (χ4n) is 2.18. The minimum atomic E-state index is -0.0204. The number of carbonyl (C=O) groups excluding carboxylic acids is 1. The molecular formula is C14H20N2O2S. The number of hydrogen-bond donors (Lipinski definition) is 1. The van der Waals surface area contributed by atoms with E-state index in [1.54, 1.807) is 18.9 Å². The summed E-state index contributed by atoms with van der Waals surface area (Å²) in [6.07, 6.45) is 2.05. The van der Waals surface area contributed by atoms with Gasteiger partial charge in [0.1, 0.15) is 11.9 Å². The van der Waals surface area contributed by atoms with Crippen molar-refractivity contribution in [3.63, 3.8) is 0 Å². The van der Waals surface area contributed by atoms with Gasteiger partial charge in [-0.25, -0.2) is 0 Å². The number of hydrogen-bond acceptors (Lipinski definition) is 4. The van der Waals surface area contributed by atoms with Crippen LogP contribution in [0, 0.1) is 0 Å². The van der Waals surface area contributed by atoms with E-state index in [0.717, 1.165) is 17.9 Å². The lowest BCUT2D eigenvalue weighted by Crippen LogP contribution is -2.34. The third kappa shape index (κ3) is 3.22. The Kier molecular flexibility index (Phi) is 4.71. The van der Waals surface area contributed by atoms with E-state index in [0.29, 0.717) is 11.8 Å². The summed E-state index contributed by atoms with van der Waals surface area (Å²) < 4.78 is 5.16. The van der Waals surface area contributed by atoms with Gasteiger partial charge in [0, 0.05) is 11.8 Å². The summed E-state index contributed by atoms with van der Waals surface area (Å²) in [6.45, 7) is 3.32. The standard InChI is InChI=1S/C14H20N2O2S/c1-10(19-3)9-16-13(17)8-15-14(16)11-4-6-12(18-2)7-5-11/h4-7,10,14-15H,8-9H2,1-3H3. The molecule has 0 bridgehead atoms. The van der Waals surface area contributed by atoms with Crippen molar-refractivity contribution in [2.24, 2.45) is 0 Å². The highest BCUT2D eigenvalue weighted by Crippen LogP contribution is 2.25. The van der Waals surface area contributed by atoms with E-state index in [4.69, 9.17) is 4.74 Å². The Morgan fingerprint density at radius 2 is 2.16 bits per heavy atom. The largest absolute Gasteiger partial charge is 0.497 e. The molecule has 0 aliphatic carbocycles. The normalized spacial score (nSPS) is 20.7. The van der Waals surface area contributed by atoms with Crippen LogP contribution in [0.2, 0.25) is 0 Å². The number of nitrogens with one attached hydrogen (secondary N) is 1. The molecular weight excluding hydrogens is 260 g/mol. The molecule has 1 aromatic rings. The predicted octanol–water partition coefficient (Wildman–Crippen LogP) is 1.88. The summed E-state index contributed by atoms with van der Waals surface area (Å²) in [5.74, 6) is 0.999. The summed E-state index contributed by atoms with van der Waals surface area (Å²) >= 11 is 1.78. The number of benzene rings is 1. The number of ether oxygens (including phenoxy) is 1. The Labute approximate surface area is 118 Å². The van der Waals surface area contributed by atoms with Crippen molar-refractivity contribution in [3.05, 3.63) is 29.8 Å². The molecule has 2 rings (SSSR count). The van der Waals surface area contributed by atoms with Crippen LogP contribution < -0.4 is 10.1 Å². The highest BCUT2D eigenvalue weighted by Gasteiger charge is 2.32. The van der Waals surface area contributed by atoms with Crippen LogP contribution in [0.4, 0.5) is 0 Å². The molecule has 0 saturated carbocycles. The third-order valence-electron chi connectivity index (χ3n) is 3.37. The van der Waals surface area contributed by atoms with Crippen LogP contribution in [0.3, 0.4) is 0 Å². The fraction of sp³-hybridized carbons (Fsp3) is 0.500. The van der Waals surface area contributed by atoms with Crippen molar-refractivity contribution in [1.82, 2.24) is 10.2 Å². The van der Waals surface area contributed by atoms with Gasteiger partial charge in [-0.15, -0.1) is 0 Å². The van der Waals surface area contributed by atoms with Crippen molar-refractivity contribution >= 4 is 17.7 Å². The second kappa shape index (κ2) is 6.30. The van der Waals surface area contributed by atoms with Gasteiger partial charge in [0.05, 0.1) is 13.7 Å². The summed E-state index contributed by atoms with van der Waals surface area (Å²) in [6, 6.07) is 7.86. The lowest BCUT2D eigenvalue weighted by Gasteiger charge is -2.27. The average molecular weight is 280 g/mol. The Balaban J connectivity index is 2.14. The first-order valence-electron chi connectivity index (χ1n) is 6.35. The van der Waals surface area contributed by atoms with E-state index < -0.39 is 0 Å². The Hall–Kier alpha value is -1.20. The molecule has 5 heteroatoms. The molecule has 1 fully saturated rings. The van der Waals surface area contributed by atoms with E-state index in [1.165, 1.54) is 0 Å². The highest BCUT2D eigenvalue weighted by molar-refractivity contribution is 7.99. The first kappa shape index (κ1) is 14.2. The smallest absolute Gasteiger partial charge is 0.238 e. The van der Waals surface area contributed by atoms with Crippen molar-refractivity contribution in [1.29, 1.82) is 0 Å². The van der Waals surface area contributed by atoms with Crippen LogP contribution in [-0.4, -0.2) is 42.5 Å². The molecule has 19 heavy (non-hydrogen) atoms. The lowest BCUT2D eigenvalue weighted by atomic mass is 10.1. The maximum absolute atomic E-state index is 12.0. The molecule has 1 aliphatic rings. The second-order valence-corrected chi connectivity index (χ2v) is 5.93. The van der Waals surface area contributed by atoms with E-state index in [-0.39, 0.29) is 12.1 Å². The molecule has 1 aliphatic heterocycles. The number of amides is 1. The minimum Gasteiger partial charge on any atom is -0.497 e. The fourth-order valence-corrected chi connectivity index (χ4v) is 2.49. The maximum Gasteiger partial charge on any atom is 0.238 e. The molecule has 0 spiro atoms. The number of thioether (sulfide) groups is 1. The van der Waals surface area contributed by atoms with E-state index in [1.807, 2.05) is 29.2 Å². The molecule has 0 radical (unpaired) electrons. The molecule has 1 heterocycles. The molecule has 1 aromatic carbocycles. The Morgan fingerprint density at radius 1 is 1.47 bits per heavy atom. The first-order chi connectivity index (χ1) is 9.15. The van der Waals surface area contributed by atoms with Gasteiger partial charge in [0.15, 0.2) is 0 Å². The molecule has 0 aromatic heterocycles. The topological polar surface area (TPSA) is 41.6 Å². The van der Waals surface area contributed by atoms with Gasteiger partial charge in [-0.1, -0.05) is 19.1 Å². The van der Waals surface area contributed by atoms with Crippen molar-refractivity contribution < 1.29 is 9.53 Å². The minimum absolute atomic E-state index is 0.0204. The quantitative estimate of drug-likeness (QED) is 0.894. The zero-order valence-corrected chi connectivity index (χ0v) is 12.4. The number of rotatable bonds is 5. The van der Waals surface area contributed by atoms with Gasteiger partial charge >= 0.3 is 0 Å². The summed E-state index contributed by atoms with van der Waals surface area (Å²) in [7, 11) is 1.65. The third-order valence-corrected chi connectivity index (χ3v) is 4.32. The van der Waals surface area contributed by atoms with Crippen LogP contribution in [0.15, 0.2) is 24.3 Å². The van der Waals surface area contributed by atoms with Gasteiger partial charge in [-0.3, -0.25) is 10.1 Å². The van der Waals surface area contributed by atoms with E-state index in [2.05, 4.69) is 18.5 Å². The van der Waals surface area contributed by atoms with Crippen LogP contribution in [-0.2, 0) is 4.79 Å². The first-order valence-corrected chi connectivity index (χ1v) is 7.64. The van der Waals surface area contributed by atoms with Gasteiger partial charge in [0.25, 0.3) is 0 Å². The number of nitrogens with zero attached hydrogens (tertiary/aromatic N) is 1. The average Bonchev–Trinajstić information content (AvgIpc) is 2.80.